The van der Waals surface area contributed by atoms with Crippen molar-refractivity contribution in [3.8, 4) is 11.1 Å². The monoisotopic (exact) mass is 774 g/mol. The normalized spacial score (nSPS) is 17.7. The molecule has 0 fully saturated rings. The summed E-state index contributed by atoms with van der Waals surface area (Å²) in [7, 11) is 0. The fourth-order valence-corrected chi connectivity index (χ4v) is 8.83. The van der Waals surface area contributed by atoms with Crippen molar-refractivity contribution in [2.75, 3.05) is 20.4 Å². The lowest BCUT2D eigenvalue weighted by Crippen LogP contribution is -2.28. The number of nitrogens with zero attached hydrogens (tertiary/aromatic N) is 3. The van der Waals surface area contributed by atoms with Crippen LogP contribution in [-0.4, -0.2) is 5.71 Å². The van der Waals surface area contributed by atoms with Crippen LogP contribution >= 0.6 is 0 Å². The minimum Gasteiger partial charge on any atom is -0.360 e. The van der Waals surface area contributed by atoms with Crippen molar-refractivity contribution in [1.29, 1.82) is 0 Å². The smallest absolute Gasteiger partial charge is 0.145 e. The lowest BCUT2D eigenvalue weighted by Gasteiger charge is -2.32. The summed E-state index contributed by atoms with van der Waals surface area (Å²) < 4.78 is 0. The van der Waals surface area contributed by atoms with Crippen molar-refractivity contribution >= 4 is 45.5 Å². The number of nitrogens with one attached hydrogen (secondary N) is 3. The number of hydrogen-bond acceptors (Lipinski definition) is 6. The zero-order valence-electron chi connectivity index (χ0n) is 32.9. The van der Waals surface area contributed by atoms with E-state index in [1.165, 1.54) is 5.56 Å². The highest BCUT2D eigenvalue weighted by atomic mass is 15.3. The highest BCUT2D eigenvalue weighted by molar-refractivity contribution is 6.13. The average molecular weight is 775 g/mol. The number of anilines is 6. The molecular formula is C54H42N6. The third kappa shape index (κ3) is 6.54. The van der Waals surface area contributed by atoms with E-state index in [9.17, 15) is 0 Å². The summed E-state index contributed by atoms with van der Waals surface area (Å²) in [5.74, 6) is 0. The van der Waals surface area contributed by atoms with Crippen molar-refractivity contribution in [3.63, 3.8) is 0 Å². The molecule has 288 valence electrons. The summed E-state index contributed by atoms with van der Waals surface area (Å²) >= 11 is 0. The van der Waals surface area contributed by atoms with Crippen molar-refractivity contribution in [2.45, 2.75) is 18.5 Å². The van der Waals surface area contributed by atoms with Crippen LogP contribution in [0.15, 0.2) is 223 Å². The van der Waals surface area contributed by atoms with Crippen LogP contribution in [0.4, 0.5) is 34.1 Å². The molecular weight excluding hydrogens is 733 g/mol. The van der Waals surface area contributed by atoms with Crippen LogP contribution in [-0.2, 0) is 0 Å². The lowest BCUT2D eigenvalue weighted by molar-refractivity contribution is 0.658. The standard InChI is InChI=1S/C54H42N6/c1-5-18-37(19-6-1)39-22-17-23-40(32-39)49-36-48(38-20-7-2-8-21-38)55-52(56-49)41-33-42(53-57-46-28-13-15-30-50(46)59(53)44-24-9-3-10-25-44)35-43(34-41)54-58-47-29-14-16-31-51(47)60(54)45-26-11-4-12-27-45/h1-36,52-55,57-58H. The van der Waals surface area contributed by atoms with E-state index in [1.54, 1.807) is 0 Å². The summed E-state index contributed by atoms with van der Waals surface area (Å²) in [4.78, 5) is 10.4. The molecule has 8 aromatic carbocycles. The van der Waals surface area contributed by atoms with Crippen LogP contribution in [0.2, 0.25) is 0 Å². The molecule has 3 N–H and O–H groups in total. The number of benzene rings is 8. The van der Waals surface area contributed by atoms with E-state index < -0.39 is 0 Å². The Morgan fingerprint density at radius 2 is 0.817 bits per heavy atom. The molecule has 8 aromatic rings. The van der Waals surface area contributed by atoms with Gasteiger partial charge >= 0.3 is 0 Å². The topological polar surface area (TPSA) is 54.9 Å². The van der Waals surface area contributed by atoms with Crippen LogP contribution in [0.3, 0.4) is 0 Å². The van der Waals surface area contributed by atoms with Gasteiger partial charge in [0.15, 0.2) is 0 Å². The predicted octanol–water partition coefficient (Wildman–Crippen LogP) is 13.0. The van der Waals surface area contributed by atoms with Gasteiger partial charge in [-0.15, -0.1) is 0 Å². The molecule has 11 rings (SSSR count). The minimum atomic E-state index is -0.387. The van der Waals surface area contributed by atoms with Crippen LogP contribution in [0.25, 0.3) is 16.8 Å². The second-order valence-electron chi connectivity index (χ2n) is 15.4. The van der Waals surface area contributed by atoms with Crippen LogP contribution in [0.1, 0.15) is 46.3 Å². The van der Waals surface area contributed by atoms with E-state index in [2.05, 4.69) is 244 Å². The van der Waals surface area contributed by atoms with E-state index in [0.717, 1.165) is 78.9 Å². The molecule has 6 nitrogen and oxygen atoms in total. The zero-order valence-corrected chi connectivity index (χ0v) is 32.9. The first-order valence-corrected chi connectivity index (χ1v) is 20.6. The molecule has 0 aromatic heterocycles. The molecule has 60 heavy (non-hydrogen) atoms. The quantitative estimate of drug-likeness (QED) is 0.144. The largest absolute Gasteiger partial charge is 0.360 e. The Morgan fingerprint density at radius 3 is 1.38 bits per heavy atom. The van der Waals surface area contributed by atoms with Gasteiger partial charge in [-0.25, -0.2) is 0 Å². The molecule has 3 heterocycles. The van der Waals surface area contributed by atoms with Gasteiger partial charge in [-0.2, -0.15) is 0 Å². The average Bonchev–Trinajstić information content (AvgIpc) is 3.92. The van der Waals surface area contributed by atoms with Gasteiger partial charge in [-0.05, 0) is 112 Å². The Balaban J connectivity index is 1.09. The maximum Gasteiger partial charge on any atom is 0.145 e. The summed E-state index contributed by atoms with van der Waals surface area (Å²) in [6.45, 7) is 0. The zero-order chi connectivity index (χ0) is 39.8. The number of allylic oxidation sites excluding steroid dienone is 1. The molecule has 0 aliphatic carbocycles. The van der Waals surface area contributed by atoms with E-state index in [0.29, 0.717) is 0 Å². The van der Waals surface area contributed by atoms with Crippen molar-refractivity contribution in [3.05, 3.63) is 246 Å². The van der Waals surface area contributed by atoms with E-state index in [-0.39, 0.29) is 18.5 Å². The van der Waals surface area contributed by atoms with Crippen molar-refractivity contribution < 1.29 is 0 Å². The Morgan fingerprint density at radius 1 is 0.367 bits per heavy atom. The molecule has 0 spiro atoms. The molecule has 0 bridgehead atoms. The minimum absolute atomic E-state index is 0.184. The molecule has 3 aliphatic heterocycles. The first kappa shape index (κ1) is 35.3. The number of fused-ring (bicyclic) bond motifs is 2. The Labute approximate surface area is 350 Å². The molecule has 0 amide bonds. The SMILES string of the molecule is C1=C(c2ccccc2)NC(c2cc(C3Nc4ccccc4N3c3ccccc3)cc(C3Nc4ccccc4N3c3ccccc3)c2)N=C1c1cccc(-c2ccccc2)c1. The number of rotatable bonds is 8. The first-order valence-electron chi connectivity index (χ1n) is 20.6. The van der Waals surface area contributed by atoms with Crippen LogP contribution in [0.5, 0.6) is 0 Å². The fourth-order valence-electron chi connectivity index (χ4n) is 8.83. The Bertz CT molecular complexity index is 2760. The Kier molecular flexibility index (Phi) is 8.93. The van der Waals surface area contributed by atoms with Gasteiger partial charge in [0.25, 0.3) is 0 Å². The van der Waals surface area contributed by atoms with Crippen molar-refractivity contribution in [1.82, 2.24) is 5.32 Å². The van der Waals surface area contributed by atoms with Gasteiger partial charge in [0, 0.05) is 22.6 Å². The van der Waals surface area contributed by atoms with Gasteiger partial charge in [-0.1, -0.05) is 140 Å². The molecule has 6 heteroatoms. The maximum absolute atomic E-state index is 5.56. The molecule has 0 radical (unpaired) electrons. The fraction of sp³-hybridized carbons (Fsp3) is 0.0556. The lowest BCUT2D eigenvalue weighted by atomic mass is 9.96. The molecule has 3 atom stereocenters. The van der Waals surface area contributed by atoms with Crippen LogP contribution < -0.4 is 25.8 Å². The summed E-state index contributed by atoms with van der Waals surface area (Å²) in [6.07, 6.45) is 1.44. The molecule has 3 aliphatic rings. The van der Waals surface area contributed by atoms with Gasteiger partial charge in [0.1, 0.15) is 18.5 Å². The summed E-state index contributed by atoms with van der Waals surface area (Å²) in [5, 5.41) is 11.7. The van der Waals surface area contributed by atoms with Gasteiger partial charge in [-0.3, -0.25) is 4.99 Å². The van der Waals surface area contributed by atoms with E-state index in [1.807, 2.05) is 0 Å². The second-order valence-corrected chi connectivity index (χ2v) is 15.4. The molecule has 3 unspecified atom stereocenters. The number of aliphatic imine (C=N–C) groups is 1. The third-order valence-corrected chi connectivity index (χ3v) is 11.6. The van der Waals surface area contributed by atoms with E-state index in [4.69, 9.17) is 4.99 Å². The summed E-state index contributed by atoms with van der Waals surface area (Å²) in [5.41, 5.74) is 16.5. The Hall–Kier alpha value is -7.83. The highest BCUT2D eigenvalue weighted by Gasteiger charge is 2.36. The highest BCUT2D eigenvalue weighted by Crippen LogP contribution is 2.49. The maximum atomic E-state index is 5.56. The number of hydrogen-bond donors (Lipinski definition) is 3. The van der Waals surface area contributed by atoms with Gasteiger partial charge < -0.3 is 25.8 Å². The van der Waals surface area contributed by atoms with Gasteiger partial charge in [0.2, 0.25) is 0 Å². The third-order valence-electron chi connectivity index (χ3n) is 11.6. The van der Waals surface area contributed by atoms with Crippen molar-refractivity contribution in [2.24, 2.45) is 4.99 Å². The predicted molar refractivity (Wildman–Crippen MR) is 248 cm³/mol. The number of para-hydroxylation sites is 6. The van der Waals surface area contributed by atoms with Gasteiger partial charge in [0.05, 0.1) is 28.5 Å². The van der Waals surface area contributed by atoms with Crippen LogP contribution in [0, 0.1) is 0 Å². The first-order chi connectivity index (χ1) is 29.7. The molecule has 0 saturated carbocycles. The van der Waals surface area contributed by atoms with E-state index >= 15 is 0 Å². The molecule has 0 saturated heterocycles. The summed E-state index contributed by atoms with van der Waals surface area (Å²) in [6, 6.07) is 75.4. The second kappa shape index (κ2) is 15.2.